The molecule has 1 aromatic rings. The minimum Gasteiger partial charge on any atom is -0.497 e. The highest BCUT2D eigenvalue weighted by atomic mass is 16.6. The lowest BCUT2D eigenvalue weighted by molar-refractivity contribution is -0.167. The molecule has 1 aromatic carbocycles. The van der Waals surface area contributed by atoms with Crippen LogP contribution < -0.4 is 4.74 Å². The number of carbonyl (C=O) groups excluding carboxylic acids is 2. The molecule has 0 N–H and O–H groups in total. The van der Waals surface area contributed by atoms with Gasteiger partial charge in [-0.3, -0.25) is 4.79 Å². The fourth-order valence-electron chi connectivity index (χ4n) is 7.06. The fraction of sp³-hybridized carbons (Fsp3) is 0.520. The number of methoxy groups -OCH3 is 2. The zero-order valence-corrected chi connectivity index (χ0v) is 18.0. The fourth-order valence-corrected chi connectivity index (χ4v) is 7.06. The molecule has 0 saturated heterocycles. The Morgan fingerprint density at radius 3 is 2.63 bits per heavy atom. The minimum atomic E-state index is -1.04. The first-order valence-electron chi connectivity index (χ1n) is 10.7. The van der Waals surface area contributed by atoms with Crippen molar-refractivity contribution in [2.24, 2.45) is 16.7 Å². The van der Waals surface area contributed by atoms with Gasteiger partial charge in [-0.2, -0.15) is 0 Å². The third-order valence-electron chi connectivity index (χ3n) is 8.39. The SMILES string of the molecule is COC(=O)C1=C[C@]23C=C[C@@]1(OC(C)=O)[C@@]2(C)CC[C@@H]1c2ccc(OC)cc2CC[C@@H]13. The molecule has 5 atom stereocenters. The molecule has 0 heterocycles. The molecule has 30 heavy (non-hydrogen) atoms. The lowest BCUT2D eigenvalue weighted by Crippen LogP contribution is -2.55. The summed E-state index contributed by atoms with van der Waals surface area (Å²) in [5, 5.41) is 0. The number of aryl methyl sites for hydroxylation is 1. The molecule has 0 radical (unpaired) electrons. The Labute approximate surface area is 177 Å². The van der Waals surface area contributed by atoms with E-state index in [-0.39, 0.29) is 16.8 Å². The van der Waals surface area contributed by atoms with Gasteiger partial charge < -0.3 is 14.2 Å². The Kier molecular flexibility index (Phi) is 4.03. The van der Waals surface area contributed by atoms with Crippen LogP contribution in [0.4, 0.5) is 0 Å². The van der Waals surface area contributed by atoms with Gasteiger partial charge in [-0.25, -0.2) is 4.79 Å². The summed E-state index contributed by atoms with van der Waals surface area (Å²) in [6, 6.07) is 6.42. The summed E-state index contributed by atoms with van der Waals surface area (Å²) in [5.74, 6) is 0.853. The smallest absolute Gasteiger partial charge is 0.337 e. The number of hydrogen-bond acceptors (Lipinski definition) is 5. The molecule has 5 rings (SSSR count). The number of hydrogen-bond donors (Lipinski definition) is 0. The molecule has 5 nitrogen and oxygen atoms in total. The lowest BCUT2D eigenvalue weighted by atomic mass is 9.47. The van der Waals surface area contributed by atoms with Crippen LogP contribution in [-0.4, -0.2) is 31.8 Å². The Balaban J connectivity index is 1.64. The average molecular weight is 408 g/mol. The Morgan fingerprint density at radius 1 is 1.13 bits per heavy atom. The zero-order chi connectivity index (χ0) is 21.3. The first-order chi connectivity index (χ1) is 14.3. The predicted molar refractivity (Wildman–Crippen MR) is 111 cm³/mol. The minimum absolute atomic E-state index is 0.327. The molecular weight excluding hydrogens is 380 g/mol. The Morgan fingerprint density at radius 2 is 1.93 bits per heavy atom. The van der Waals surface area contributed by atoms with Crippen molar-refractivity contribution in [3.05, 3.63) is 53.1 Å². The van der Waals surface area contributed by atoms with Crippen molar-refractivity contribution >= 4 is 11.9 Å². The standard InChI is InChI=1S/C25H28O5/c1-15(26)30-25-12-11-24(14-21(25)22(27)29-4)20-8-5-16-13-17(28-3)6-7-18(16)19(20)9-10-23(24,25)2/h6-7,11-14,19-20H,5,8-10H2,1-4H3/t19-,20+,23+,24+,25+/m1/s1. The van der Waals surface area contributed by atoms with Crippen molar-refractivity contribution in [2.75, 3.05) is 14.2 Å². The lowest BCUT2D eigenvalue weighted by Gasteiger charge is -2.56. The first-order valence-corrected chi connectivity index (χ1v) is 10.7. The molecule has 4 aliphatic carbocycles. The van der Waals surface area contributed by atoms with Crippen molar-refractivity contribution in [1.29, 1.82) is 0 Å². The van der Waals surface area contributed by atoms with E-state index in [2.05, 4.69) is 31.2 Å². The van der Waals surface area contributed by atoms with E-state index in [0.29, 0.717) is 17.4 Å². The van der Waals surface area contributed by atoms with E-state index in [0.717, 1.165) is 31.4 Å². The first kappa shape index (κ1) is 19.4. The van der Waals surface area contributed by atoms with Crippen molar-refractivity contribution in [3.8, 4) is 5.75 Å². The second kappa shape index (κ2) is 6.22. The number of ether oxygens (including phenoxy) is 3. The molecular formula is C25H28O5. The largest absolute Gasteiger partial charge is 0.497 e. The van der Waals surface area contributed by atoms with Gasteiger partial charge in [0, 0.05) is 17.8 Å². The van der Waals surface area contributed by atoms with Crippen LogP contribution in [0.25, 0.3) is 0 Å². The van der Waals surface area contributed by atoms with Crippen LogP contribution in [0.2, 0.25) is 0 Å². The quantitative estimate of drug-likeness (QED) is 0.556. The molecule has 0 spiro atoms. The second-order valence-corrected chi connectivity index (χ2v) is 9.33. The van der Waals surface area contributed by atoms with Gasteiger partial charge in [0.15, 0.2) is 5.60 Å². The number of rotatable bonds is 3. The monoisotopic (exact) mass is 408 g/mol. The van der Waals surface area contributed by atoms with E-state index in [1.54, 1.807) is 7.11 Å². The van der Waals surface area contributed by atoms with Crippen LogP contribution in [0.3, 0.4) is 0 Å². The molecule has 158 valence electrons. The van der Waals surface area contributed by atoms with Crippen molar-refractivity contribution < 1.29 is 23.8 Å². The van der Waals surface area contributed by atoms with Gasteiger partial charge in [0.1, 0.15) is 5.75 Å². The van der Waals surface area contributed by atoms with Crippen LogP contribution in [0, 0.1) is 16.7 Å². The number of allylic oxidation sites excluding steroid dienone is 2. The number of fused-ring (bicyclic) bond motifs is 3. The molecule has 0 unspecified atom stereocenters. The highest BCUT2D eigenvalue weighted by Gasteiger charge is 2.74. The van der Waals surface area contributed by atoms with Crippen LogP contribution in [0.5, 0.6) is 5.75 Å². The van der Waals surface area contributed by atoms with Gasteiger partial charge in [0.2, 0.25) is 0 Å². The molecule has 0 aromatic heterocycles. The third-order valence-corrected chi connectivity index (χ3v) is 8.39. The van der Waals surface area contributed by atoms with E-state index in [1.807, 2.05) is 12.1 Å². The number of carbonyl (C=O) groups is 2. The van der Waals surface area contributed by atoms with E-state index in [9.17, 15) is 9.59 Å². The highest BCUT2D eigenvalue weighted by Crippen LogP contribution is 2.74. The van der Waals surface area contributed by atoms with Gasteiger partial charge in [0.25, 0.3) is 0 Å². The van der Waals surface area contributed by atoms with E-state index in [1.165, 1.54) is 25.2 Å². The van der Waals surface area contributed by atoms with Crippen molar-refractivity contribution in [2.45, 2.75) is 51.0 Å². The van der Waals surface area contributed by atoms with Crippen LogP contribution in [-0.2, 0) is 25.5 Å². The summed E-state index contributed by atoms with van der Waals surface area (Å²) in [6.07, 6.45) is 10.1. The molecule has 4 aliphatic rings. The molecule has 1 saturated carbocycles. The van der Waals surface area contributed by atoms with Crippen molar-refractivity contribution in [3.63, 3.8) is 0 Å². The molecule has 2 bridgehead atoms. The van der Waals surface area contributed by atoms with Crippen LogP contribution >= 0.6 is 0 Å². The Bertz CT molecular complexity index is 1010. The molecule has 0 aliphatic heterocycles. The number of esters is 2. The van der Waals surface area contributed by atoms with E-state index < -0.39 is 11.6 Å². The van der Waals surface area contributed by atoms with Gasteiger partial charge in [-0.15, -0.1) is 0 Å². The maximum Gasteiger partial charge on any atom is 0.337 e. The molecule has 0 amide bonds. The van der Waals surface area contributed by atoms with Gasteiger partial charge in [-0.1, -0.05) is 25.1 Å². The van der Waals surface area contributed by atoms with E-state index >= 15 is 0 Å². The maximum absolute atomic E-state index is 12.8. The van der Waals surface area contributed by atoms with Gasteiger partial charge >= 0.3 is 11.9 Å². The second-order valence-electron chi connectivity index (χ2n) is 9.33. The van der Waals surface area contributed by atoms with Crippen LogP contribution in [0.1, 0.15) is 50.2 Å². The van der Waals surface area contributed by atoms with E-state index in [4.69, 9.17) is 14.2 Å². The number of benzene rings is 1. The third kappa shape index (κ3) is 2.13. The summed E-state index contributed by atoms with van der Waals surface area (Å²) in [4.78, 5) is 24.9. The summed E-state index contributed by atoms with van der Waals surface area (Å²) in [5.41, 5.74) is 1.47. The van der Waals surface area contributed by atoms with Crippen LogP contribution in [0.15, 0.2) is 42.0 Å². The summed E-state index contributed by atoms with van der Waals surface area (Å²) in [7, 11) is 3.09. The normalized spacial score (nSPS) is 37.5. The summed E-state index contributed by atoms with van der Waals surface area (Å²) in [6.45, 7) is 3.59. The molecule has 5 heteroatoms. The summed E-state index contributed by atoms with van der Waals surface area (Å²) < 4.78 is 16.5. The molecule has 1 fully saturated rings. The topological polar surface area (TPSA) is 61.8 Å². The van der Waals surface area contributed by atoms with Gasteiger partial charge in [-0.05, 0) is 66.9 Å². The van der Waals surface area contributed by atoms with Crippen molar-refractivity contribution in [1.82, 2.24) is 0 Å². The maximum atomic E-state index is 12.8. The Hall–Kier alpha value is -2.56. The highest BCUT2D eigenvalue weighted by molar-refractivity contribution is 5.95. The zero-order valence-electron chi connectivity index (χ0n) is 18.0. The predicted octanol–water partition coefficient (Wildman–Crippen LogP) is 4.11. The average Bonchev–Trinajstić information content (AvgIpc) is 3.12. The van der Waals surface area contributed by atoms with Gasteiger partial charge in [0.05, 0.1) is 19.8 Å². The summed E-state index contributed by atoms with van der Waals surface area (Å²) >= 11 is 0.